The fourth-order valence-corrected chi connectivity index (χ4v) is 11.4. The van der Waals surface area contributed by atoms with E-state index in [1.54, 1.807) is 25.4 Å². The standard InChI is InChI=1S/C43H53ClN4O6S/c1-5-35-23-47-22-32(19-34(47)24-53-35)42(50)46-55(51)28(3)27(2)8-6-10-39(52-4)36-14-11-31(36)21-48-25-43(17-7-9-29-18-33(44)13-15-37(29)43)26-54-40-16-12-30(20-38(40)48)41(49)45-55/h6,10,12-13,15-16,18-20,22,27-28,31,35-36,39H,5,7-9,11,14,17,21,23-26H2,1-4H3,(H,45,46,49,50,51)/b10-6+. The van der Waals surface area contributed by atoms with Crippen molar-refractivity contribution in [2.24, 2.45) is 22.1 Å². The van der Waals surface area contributed by atoms with Gasteiger partial charge in [0.1, 0.15) is 15.7 Å². The zero-order valence-electron chi connectivity index (χ0n) is 32.3. The first kappa shape index (κ1) is 38.2. The average Bonchev–Trinajstić information content (AvgIpc) is 3.54. The van der Waals surface area contributed by atoms with E-state index < -0.39 is 27.0 Å². The van der Waals surface area contributed by atoms with Crippen LogP contribution in [0.5, 0.6) is 5.75 Å². The smallest absolute Gasteiger partial charge is 0.286 e. The fourth-order valence-electron chi connectivity index (χ4n) is 9.37. The van der Waals surface area contributed by atoms with Crippen molar-refractivity contribution in [3.8, 4) is 5.75 Å². The molecule has 1 N–H and O–H groups in total. The van der Waals surface area contributed by atoms with E-state index in [-0.39, 0.29) is 23.5 Å². The maximum atomic E-state index is 15.1. The summed E-state index contributed by atoms with van der Waals surface area (Å²) in [6.07, 6.45) is 12.6. The second-order valence-corrected chi connectivity index (χ2v) is 19.1. The van der Waals surface area contributed by atoms with Gasteiger partial charge in [-0.1, -0.05) is 43.7 Å². The van der Waals surface area contributed by atoms with Gasteiger partial charge in [0.05, 0.1) is 41.9 Å². The summed E-state index contributed by atoms with van der Waals surface area (Å²) in [5.41, 5.74) is 4.64. The van der Waals surface area contributed by atoms with Crippen molar-refractivity contribution in [2.45, 2.75) is 102 Å². The molecule has 1 aromatic heterocycles. The van der Waals surface area contributed by atoms with Crippen LogP contribution in [0.15, 0.2) is 65.2 Å². The molecule has 2 amide bonds. The van der Waals surface area contributed by atoms with E-state index in [0.29, 0.717) is 61.4 Å². The molecule has 8 unspecified atom stereocenters. The van der Waals surface area contributed by atoms with Crippen LogP contribution < -0.4 is 14.4 Å². The highest BCUT2D eigenvalue weighted by molar-refractivity contribution is 7.93. The zero-order valence-corrected chi connectivity index (χ0v) is 33.9. The summed E-state index contributed by atoms with van der Waals surface area (Å²) in [6.45, 7) is 8.90. The molecule has 1 spiro atoms. The van der Waals surface area contributed by atoms with Crippen LogP contribution in [0, 0.1) is 17.8 Å². The van der Waals surface area contributed by atoms with Crippen LogP contribution in [0.3, 0.4) is 0 Å². The fraction of sp³-hybridized carbons (Fsp3) is 0.535. The second kappa shape index (κ2) is 15.4. The number of amides is 2. The number of anilines is 1. The summed E-state index contributed by atoms with van der Waals surface area (Å²) in [5.74, 6) is 0.0757. The Morgan fingerprint density at radius 1 is 1.15 bits per heavy atom. The Bertz CT molecular complexity index is 2120. The lowest BCUT2D eigenvalue weighted by Crippen LogP contribution is -2.49. The molecular formula is C43H53ClN4O6S. The Balaban J connectivity index is 1.19. The molecule has 2 bridgehead atoms. The number of rotatable bonds is 4. The topological polar surface area (TPSA) is 111 Å². The zero-order chi connectivity index (χ0) is 38.5. The van der Waals surface area contributed by atoms with Gasteiger partial charge in [0.25, 0.3) is 11.8 Å². The molecule has 1 saturated carbocycles. The molecule has 12 heteroatoms. The Morgan fingerprint density at radius 2 is 2.00 bits per heavy atom. The van der Waals surface area contributed by atoms with Crippen molar-refractivity contribution in [3.05, 3.63) is 93.8 Å². The molecule has 8 atom stereocenters. The minimum Gasteiger partial charge on any atom is -0.490 e. The van der Waals surface area contributed by atoms with Crippen molar-refractivity contribution in [2.75, 3.05) is 31.7 Å². The minimum absolute atomic E-state index is 0.0674. The third-order valence-electron chi connectivity index (χ3n) is 13.1. The van der Waals surface area contributed by atoms with E-state index in [1.807, 2.05) is 36.6 Å². The van der Waals surface area contributed by atoms with Gasteiger partial charge in [0, 0.05) is 54.6 Å². The maximum Gasteiger partial charge on any atom is 0.286 e. The molecule has 3 aromatic rings. The summed E-state index contributed by atoms with van der Waals surface area (Å²) in [6, 6.07) is 13.4. The number of carbonyl (C=O) groups excluding carboxylic acids is 2. The van der Waals surface area contributed by atoms with Crippen LogP contribution in [-0.2, 0) is 44.4 Å². The molecule has 8 rings (SSSR count). The van der Waals surface area contributed by atoms with Crippen molar-refractivity contribution < 1.29 is 28.0 Å². The largest absolute Gasteiger partial charge is 0.490 e. The van der Waals surface area contributed by atoms with E-state index in [9.17, 15) is 9.59 Å². The van der Waals surface area contributed by atoms with Crippen LogP contribution in [0.25, 0.3) is 0 Å². The molecule has 10 nitrogen and oxygen atoms in total. The third-order valence-corrected chi connectivity index (χ3v) is 15.7. The van der Waals surface area contributed by atoms with E-state index in [1.165, 1.54) is 11.1 Å². The van der Waals surface area contributed by atoms with Crippen molar-refractivity contribution >= 4 is 39.0 Å². The van der Waals surface area contributed by atoms with E-state index in [0.717, 1.165) is 61.5 Å². The summed E-state index contributed by atoms with van der Waals surface area (Å²) in [7, 11) is -1.85. The predicted octanol–water partition coefficient (Wildman–Crippen LogP) is 7.90. The molecular weight excluding hydrogens is 736 g/mol. The Kier molecular flexibility index (Phi) is 10.7. The molecule has 2 aliphatic carbocycles. The summed E-state index contributed by atoms with van der Waals surface area (Å²) in [4.78, 5) is 30.6. The highest BCUT2D eigenvalue weighted by atomic mass is 35.5. The number of aromatic nitrogens is 1. The first-order chi connectivity index (χ1) is 26.5. The molecule has 55 heavy (non-hydrogen) atoms. The van der Waals surface area contributed by atoms with E-state index in [4.69, 9.17) is 25.8 Å². The number of aryl methyl sites for hydroxylation is 1. The number of ether oxygens (including phenoxy) is 3. The number of carbonyl (C=O) groups is 2. The summed E-state index contributed by atoms with van der Waals surface area (Å²) in [5, 5.41) is 0.0892. The first-order valence-electron chi connectivity index (χ1n) is 19.9. The number of fused-ring (bicyclic) bond motifs is 5. The normalized spacial score (nSPS) is 32.5. The minimum atomic E-state index is -3.62. The van der Waals surface area contributed by atoms with Gasteiger partial charge in [-0.2, -0.15) is 0 Å². The number of nitrogens with zero attached hydrogens (tertiary/aromatic N) is 3. The lowest BCUT2D eigenvalue weighted by molar-refractivity contribution is 0.00269. The Morgan fingerprint density at radius 3 is 2.78 bits per heavy atom. The van der Waals surface area contributed by atoms with Gasteiger partial charge >= 0.3 is 0 Å². The third kappa shape index (κ3) is 7.38. The number of benzene rings is 2. The molecule has 1 fully saturated rings. The number of nitrogens with one attached hydrogen (secondary N) is 1. The highest BCUT2D eigenvalue weighted by Gasteiger charge is 2.44. The molecule has 3 aliphatic heterocycles. The number of methoxy groups -OCH3 is 1. The van der Waals surface area contributed by atoms with Gasteiger partial charge in [-0.15, -0.1) is 4.36 Å². The predicted molar refractivity (Wildman–Crippen MR) is 215 cm³/mol. The van der Waals surface area contributed by atoms with E-state index in [2.05, 4.69) is 45.2 Å². The highest BCUT2D eigenvalue weighted by Crippen LogP contribution is 2.47. The molecule has 2 aromatic carbocycles. The molecule has 5 aliphatic rings. The van der Waals surface area contributed by atoms with Gasteiger partial charge in [-0.05, 0) is 117 Å². The van der Waals surface area contributed by atoms with Gasteiger partial charge in [-0.3, -0.25) is 14.3 Å². The van der Waals surface area contributed by atoms with Crippen LogP contribution in [0.1, 0.15) is 96.8 Å². The lowest BCUT2D eigenvalue weighted by Gasteiger charge is -2.46. The summed E-state index contributed by atoms with van der Waals surface area (Å²) >= 11 is 6.48. The van der Waals surface area contributed by atoms with Crippen molar-refractivity contribution in [3.63, 3.8) is 0 Å². The molecule has 0 saturated heterocycles. The molecule has 4 heterocycles. The SMILES string of the molecule is CCC1Cn2cc(C(=O)NS3(=O)=NC(=O)c4ccc5c(c4)N(CC4CCC4C(OC)/C=C/CC(C)C3C)CC3(CCCc4cc(Cl)ccc43)CO5)cc2CO1. The van der Waals surface area contributed by atoms with Gasteiger partial charge in [0.15, 0.2) is 0 Å². The monoisotopic (exact) mass is 788 g/mol. The first-order valence-corrected chi connectivity index (χ1v) is 21.9. The van der Waals surface area contributed by atoms with Crippen molar-refractivity contribution in [1.82, 2.24) is 9.29 Å². The number of hydrogen-bond donors (Lipinski definition) is 1. The average molecular weight is 789 g/mol. The number of halogens is 1. The van der Waals surface area contributed by atoms with Crippen LogP contribution in [0.2, 0.25) is 5.02 Å². The molecule has 0 radical (unpaired) electrons. The summed E-state index contributed by atoms with van der Waals surface area (Å²) < 4.78 is 43.0. The second-order valence-electron chi connectivity index (χ2n) is 16.4. The Hall–Kier alpha value is -3.64. The van der Waals surface area contributed by atoms with Crippen molar-refractivity contribution in [1.29, 1.82) is 0 Å². The van der Waals surface area contributed by atoms with Gasteiger partial charge < -0.3 is 23.7 Å². The quantitative estimate of drug-likeness (QED) is 0.268. The van der Waals surface area contributed by atoms with Crippen LogP contribution in [0.4, 0.5) is 5.69 Å². The Labute approximate surface area is 330 Å². The van der Waals surface area contributed by atoms with Crippen LogP contribution in [-0.4, -0.2) is 64.9 Å². The lowest BCUT2D eigenvalue weighted by atomic mass is 9.68. The number of hydrogen-bond acceptors (Lipinski definition) is 7. The maximum absolute atomic E-state index is 15.1. The number of allylic oxidation sites excluding steroid dienone is 1. The van der Waals surface area contributed by atoms with E-state index >= 15 is 4.21 Å². The van der Waals surface area contributed by atoms with Crippen LogP contribution >= 0.6 is 11.6 Å². The van der Waals surface area contributed by atoms with Gasteiger partial charge in [0.2, 0.25) is 0 Å². The van der Waals surface area contributed by atoms with Gasteiger partial charge in [-0.25, -0.2) is 4.21 Å². The molecule has 294 valence electrons.